The van der Waals surface area contributed by atoms with Crippen LogP contribution in [0, 0.1) is 0 Å². The van der Waals surface area contributed by atoms with Crippen LogP contribution in [0.15, 0.2) is 17.2 Å². The van der Waals surface area contributed by atoms with Crippen LogP contribution in [0.4, 0.5) is 0 Å². The van der Waals surface area contributed by atoms with E-state index in [1.54, 1.807) is 26.2 Å². The van der Waals surface area contributed by atoms with Crippen LogP contribution in [0.2, 0.25) is 0 Å². The molecule has 6 nitrogen and oxygen atoms in total. The van der Waals surface area contributed by atoms with Crippen molar-refractivity contribution < 1.29 is 9.84 Å². The molecule has 3 N–H and O–H groups in total. The summed E-state index contributed by atoms with van der Waals surface area (Å²) in [6.45, 7) is 5.36. The molecule has 1 atom stereocenters. The highest BCUT2D eigenvalue weighted by molar-refractivity contribution is 7.22. The van der Waals surface area contributed by atoms with E-state index in [0.29, 0.717) is 16.8 Å². The summed E-state index contributed by atoms with van der Waals surface area (Å²) in [7, 11) is 0. The molecule has 0 fully saturated rings. The second kappa shape index (κ2) is 4.69. The van der Waals surface area contributed by atoms with E-state index in [1.807, 2.05) is 6.92 Å². The number of nitrogens with one attached hydrogen (secondary N) is 2. The third-order valence-electron chi connectivity index (χ3n) is 4.10. The number of hydrogen-bond acceptors (Lipinski definition) is 5. The Morgan fingerprint density at radius 1 is 1.48 bits per heavy atom. The smallest absolute Gasteiger partial charge is 0.266 e. The lowest BCUT2D eigenvalue weighted by Gasteiger charge is -2.27. The molecule has 0 amide bonds. The number of thiophene rings is 1. The lowest BCUT2D eigenvalue weighted by atomic mass is 9.91. The van der Waals surface area contributed by atoms with Crippen molar-refractivity contribution in [2.75, 3.05) is 0 Å². The minimum absolute atomic E-state index is 0.0297. The zero-order valence-corrected chi connectivity index (χ0v) is 13.9. The fraction of sp³-hybridized carbons (Fsp3) is 0.375. The number of nitrogens with zero attached hydrogens (tertiary/aromatic N) is 1. The van der Waals surface area contributed by atoms with Crippen molar-refractivity contribution in [1.29, 1.82) is 0 Å². The summed E-state index contributed by atoms with van der Waals surface area (Å²) in [5, 5.41) is 18.1. The van der Waals surface area contributed by atoms with E-state index >= 15 is 0 Å². The molecule has 1 aliphatic heterocycles. The maximum atomic E-state index is 12.5. The second-order valence-electron chi connectivity index (χ2n) is 6.45. The van der Waals surface area contributed by atoms with Crippen molar-refractivity contribution in [3.8, 4) is 16.2 Å². The minimum atomic E-state index is -1.12. The Kier molecular flexibility index (Phi) is 2.95. The fourth-order valence-corrected chi connectivity index (χ4v) is 4.29. The lowest BCUT2D eigenvalue weighted by molar-refractivity contribution is 0.0718. The summed E-state index contributed by atoms with van der Waals surface area (Å²) in [6, 6.07) is 0. The van der Waals surface area contributed by atoms with Gasteiger partial charge in [-0.2, -0.15) is 5.10 Å². The van der Waals surface area contributed by atoms with Crippen LogP contribution < -0.4 is 10.3 Å². The van der Waals surface area contributed by atoms with Gasteiger partial charge in [0.2, 0.25) is 0 Å². The molecule has 0 unspecified atom stereocenters. The molecule has 0 saturated heterocycles. The van der Waals surface area contributed by atoms with E-state index in [2.05, 4.69) is 15.2 Å². The molecule has 0 bridgehead atoms. The zero-order valence-electron chi connectivity index (χ0n) is 13.1. The van der Waals surface area contributed by atoms with Crippen LogP contribution in [0.5, 0.6) is 5.75 Å². The van der Waals surface area contributed by atoms with E-state index in [-0.39, 0.29) is 11.7 Å². The summed E-state index contributed by atoms with van der Waals surface area (Å²) in [5.41, 5.74) is 1.12. The Hall–Kier alpha value is -2.12. The fourth-order valence-electron chi connectivity index (χ4n) is 3.15. The molecule has 120 valence electrons. The first-order valence-corrected chi connectivity index (χ1v) is 8.28. The van der Waals surface area contributed by atoms with E-state index < -0.39 is 5.60 Å². The Labute approximate surface area is 136 Å². The standard InChI is InChI=1S/C16H17N3O3S/c1-7-4-9-10-11(22-7)12(8-5-17-18-6-8)23-13(10)15(20)19-14(9)16(2,3)21/h5-7,21H,4H2,1-3H3,(H,17,18)(H,19,20)/t7-/m0/s1. The molecular formula is C16H17N3O3S. The number of H-pyrrole nitrogens is 2. The number of hydrogen-bond donors (Lipinski definition) is 3. The summed E-state index contributed by atoms with van der Waals surface area (Å²) < 4.78 is 6.69. The molecule has 0 aliphatic carbocycles. The molecule has 23 heavy (non-hydrogen) atoms. The number of aliphatic hydroxyl groups is 1. The molecule has 4 rings (SSSR count). The SMILES string of the molecule is C[C@H]1Cc2c(C(C)(C)O)[nH]c(=O)c3sc(-c4cn[nH]c4)c(c23)O1. The van der Waals surface area contributed by atoms with Crippen molar-refractivity contribution in [3.05, 3.63) is 34.0 Å². The van der Waals surface area contributed by atoms with Gasteiger partial charge in [-0.25, -0.2) is 0 Å². The Balaban J connectivity index is 2.13. The number of ether oxygens (including phenoxy) is 1. The van der Waals surface area contributed by atoms with E-state index in [4.69, 9.17) is 4.74 Å². The minimum Gasteiger partial charge on any atom is -0.488 e. The summed E-state index contributed by atoms with van der Waals surface area (Å²) in [5.74, 6) is 0.719. The maximum Gasteiger partial charge on any atom is 0.266 e. The van der Waals surface area contributed by atoms with Gasteiger partial charge in [-0.15, -0.1) is 11.3 Å². The lowest BCUT2D eigenvalue weighted by Crippen LogP contribution is -2.29. The molecule has 4 heterocycles. The van der Waals surface area contributed by atoms with Crippen LogP contribution >= 0.6 is 11.3 Å². The van der Waals surface area contributed by atoms with Crippen LogP contribution in [0.1, 0.15) is 32.0 Å². The highest BCUT2D eigenvalue weighted by Gasteiger charge is 2.32. The molecule has 0 saturated carbocycles. The Morgan fingerprint density at radius 3 is 2.91 bits per heavy atom. The van der Waals surface area contributed by atoms with Gasteiger partial charge in [-0.3, -0.25) is 9.89 Å². The van der Waals surface area contributed by atoms with Crippen molar-refractivity contribution >= 4 is 21.4 Å². The van der Waals surface area contributed by atoms with Crippen LogP contribution in [0.25, 0.3) is 20.5 Å². The van der Waals surface area contributed by atoms with E-state index in [9.17, 15) is 9.90 Å². The zero-order chi connectivity index (χ0) is 16.4. The van der Waals surface area contributed by atoms with Crippen molar-refractivity contribution in [2.45, 2.75) is 38.9 Å². The van der Waals surface area contributed by atoms with Gasteiger partial charge in [0.15, 0.2) is 0 Å². The summed E-state index contributed by atoms with van der Waals surface area (Å²) in [6.07, 6.45) is 4.13. The Morgan fingerprint density at radius 2 is 2.26 bits per heavy atom. The molecule has 0 spiro atoms. The van der Waals surface area contributed by atoms with Gasteiger partial charge < -0.3 is 14.8 Å². The maximum absolute atomic E-state index is 12.5. The number of pyridine rings is 1. The molecule has 1 aliphatic rings. The molecule has 0 radical (unpaired) electrons. The van der Waals surface area contributed by atoms with Crippen molar-refractivity contribution in [2.24, 2.45) is 0 Å². The highest BCUT2D eigenvalue weighted by atomic mass is 32.1. The number of aromatic amines is 2. The van der Waals surface area contributed by atoms with Gasteiger partial charge in [0.1, 0.15) is 16.6 Å². The Bertz CT molecular complexity index is 948. The predicted octanol–water partition coefficient (Wildman–Crippen LogP) is 2.53. The summed E-state index contributed by atoms with van der Waals surface area (Å²) in [4.78, 5) is 16.3. The predicted molar refractivity (Wildman–Crippen MR) is 89.1 cm³/mol. The van der Waals surface area contributed by atoms with E-state index in [1.165, 1.54) is 11.3 Å². The van der Waals surface area contributed by atoms with Gasteiger partial charge in [0.25, 0.3) is 5.56 Å². The van der Waals surface area contributed by atoms with Gasteiger partial charge in [0, 0.05) is 23.6 Å². The first kappa shape index (κ1) is 14.5. The average Bonchev–Trinajstić information content (AvgIpc) is 3.08. The van der Waals surface area contributed by atoms with Crippen molar-refractivity contribution in [1.82, 2.24) is 15.2 Å². The molecule has 7 heteroatoms. The third kappa shape index (κ3) is 2.11. The highest BCUT2D eigenvalue weighted by Crippen LogP contribution is 2.48. The quantitative estimate of drug-likeness (QED) is 0.673. The first-order chi connectivity index (χ1) is 10.9. The van der Waals surface area contributed by atoms with Gasteiger partial charge >= 0.3 is 0 Å². The van der Waals surface area contributed by atoms with Gasteiger partial charge in [-0.1, -0.05) is 0 Å². The number of rotatable bonds is 2. The monoisotopic (exact) mass is 331 g/mol. The van der Waals surface area contributed by atoms with Crippen LogP contribution in [-0.2, 0) is 12.0 Å². The molecule has 3 aromatic heterocycles. The number of aromatic nitrogens is 3. The largest absolute Gasteiger partial charge is 0.488 e. The molecular weight excluding hydrogens is 314 g/mol. The van der Waals surface area contributed by atoms with E-state index in [0.717, 1.165) is 27.1 Å². The van der Waals surface area contributed by atoms with Crippen molar-refractivity contribution in [3.63, 3.8) is 0 Å². The first-order valence-electron chi connectivity index (χ1n) is 7.46. The summed E-state index contributed by atoms with van der Waals surface area (Å²) >= 11 is 1.40. The topological polar surface area (TPSA) is 91.0 Å². The normalized spacial score (nSPS) is 17.5. The van der Waals surface area contributed by atoms with Gasteiger partial charge in [0.05, 0.1) is 22.4 Å². The average molecular weight is 331 g/mol. The van der Waals surface area contributed by atoms with Crippen LogP contribution in [0.3, 0.4) is 0 Å². The van der Waals surface area contributed by atoms with Crippen LogP contribution in [-0.4, -0.2) is 26.4 Å². The second-order valence-corrected chi connectivity index (χ2v) is 7.47. The third-order valence-corrected chi connectivity index (χ3v) is 5.31. The molecule has 3 aromatic rings. The van der Waals surface area contributed by atoms with Gasteiger partial charge in [-0.05, 0) is 26.3 Å². The molecule has 0 aromatic carbocycles.